The van der Waals surface area contributed by atoms with Gasteiger partial charge in [-0.3, -0.25) is 4.79 Å². The number of carboxylic acids is 1. The Morgan fingerprint density at radius 3 is 2.03 bits per heavy atom. The van der Waals surface area contributed by atoms with Crippen molar-refractivity contribution in [2.75, 3.05) is 13.2 Å². The van der Waals surface area contributed by atoms with E-state index < -0.39 is 24.5 Å². The van der Waals surface area contributed by atoms with E-state index in [1.165, 1.54) is 22.3 Å². The Labute approximate surface area is 227 Å². The summed E-state index contributed by atoms with van der Waals surface area (Å²) in [5, 5.41) is 30.8. The predicted molar refractivity (Wildman–Crippen MR) is 150 cm³/mol. The normalized spacial score (nSPS) is 13.6. The summed E-state index contributed by atoms with van der Waals surface area (Å²) < 4.78 is 5.66. The van der Waals surface area contributed by atoms with Crippen LogP contribution in [-0.2, 0) is 21.4 Å². The van der Waals surface area contributed by atoms with Crippen LogP contribution in [0.2, 0.25) is 0 Å². The van der Waals surface area contributed by atoms with Gasteiger partial charge in [0.05, 0.1) is 12.7 Å². The average molecular weight is 528 g/mol. The van der Waals surface area contributed by atoms with Crippen molar-refractivity contribution in [3.63, 3.8) is 0 Å². The molecule has 38 heavy (non-hydrogen) atoms. The number of carbonyl (C=O) groups is 2. The first-order chi connectivity index (χ1) is 17.8. The van der Waals surface area contributed by atoms with Crippen molar-refractivity contribution >= 4 is 11.9 Å². The van der Waals surface area contributed by atoms with Gasteiger partial charge in [-0.1, -0.05) is 65.0 Å². The maximum absolute atomic E-state index is 12.1. The second-order valence-electron chi connectivity index (χ2n) is 11.3. The van der Waals surface area contributed by atoms with Crippen LogP contribution in [0.15, 0.2) is 36.4 Å². The Balaban J connectivity index is 2.23. The molecule has 0 spiro atoms. The predicted octanol–water partition coefficient (Wildman–Crippen LogP) is 4.69. The van der Waals surface area contributed by atoms with Gasteiger partial charge in [0.1, 0.15) is 11.8 Å². The second kappa shape index (κ2) is 13.3. The van der Waals surface area contributed by atoms with Crippen LogP contribution < -0.4 is 10.1 Å². The zero-order valence-corrected chi connectivity index (χ0v) is 23.9. The number of hydrogen-bond donors (Lipinski definition) is 4. The zero-order valence-electron chi connectivity index (χ0n) is 23.9. The van der Waals surface area contributed by atoms with Gasteiger partial charge in [-0.25, -0.2) is 4.79 Å². The topological polar surface area (TPSA) is 116 Å². The second-order valence-corrected chi connectivity index (χ2v) is 11.3. The molecule has 0 bridgehead atoms. The molecule has 7 nitrogen and oxygen atoms in total. The molecule has 210 valence electrons. The Bertz CT molecular complexity index is 1100. The van der Waals surface area contributed by atoms with Crippen LogP contribution in [0.3, 0.4) is 0 Å². The summed E-state index contributed by atoms with van der Waals surface area (Å²) >= 11 is 0. The molecule has 1 amide bonds. The van der Waals surface area contributed by atoms with Gasteiger partial charge in [-0.15, -0.1) is 0 Å². The molecule has 0 saturated heterocycles. The number of carboxylic acid groups (broad SMARTS) is 1. The fraction of sp³-hybridized carbons (Fsp3) is 0.548. The van der Waals surface area contributed by atoms with Crippen molar-refractivity contribution in [1.82, 2.24) is 5.32 Å². The number of aryl methyl sites for hydroxylation is 3. The number of hydrogen-bond acceptors (Lipinski definition) is 5. The maximum Gasteiger partial charge on any atom is 0.328 e. The molecule has 0 fully saturated rings. The number of nitrogens with one attached hydrogen (secondary N) is 1. The van der Waals surface area contributed by atoms with E-state index in [1.807, 2.05) is 19.1 Å². The van der Waals surface area contributed by atoms with Crippen molar-refractivity contribution in [3.8, 4) is 5.75 Å². The molecule has 2 rings (SSSR count). The molecule has 0 aliphatic carbocycles. The summed E-state index contributed by atoms with van der Waals surface area (Å²) in [7, 11) is 0. The third kappa shape index (κ3) is 7.58. The Morgan fingerprint density at radius 2 is 1.55 bits per heavy atom. The number of aliphatic hydroxyl groups excluding tert-OH is 2. The minimum Gasteiger partial charge on any atom is -0.484 e. The highest BCUT2D eigenvalue weighted by Gasteiger charge is 2.32. The molecule has 0 aliphatic rings. The van der Waals surface area contributed by atoms with E-state index in [0.717, 1.165) is 31.2 Å². The van der Waals surface area contributed by atoms with Gasteiger partial charge in [0.25, 0.3) is 5.91 Å². The van der Waals surface area contributed by atoms with Crippen molar-refractivity contribution in [3.05, 3.63) is 64.2 Å². The van der Waals surface area contributed by atoms with Crippen LogP contribution in [0.25, 0.3) is 0 Å². The van der Waals surface area contributed by atoms with Gasteiger partial charge in [0.2, 0.25) is 0 Å². The Kier molecular flexibility index (Phi) is 10.9. The van der Waals surface area contributed by atoms with Crippen molar-refractivity contribution in [2.24, 2.45) is 5.41 Å². The molecule has 0 aliphatic heterocycles. The SMILES string of the molecule is CCC(CC)(c1ccc(CCC(O)C(C)(C)C)c(C)c1)c1ccc(OCC(=O)N[C@@H](CO)C(=O)O)c(C)c1. The first kappa shape index (κ1) is 31.3. The lowest BCUT2D eigenvalue weighted by molar-refractivity contribution is -0.143. The third-order valence-electron chi connectivity index (χ3n) is 7.69. The lowest BCUT2D eigenvalue weighted by Crippen LogP contribution is -2.45. The number of carbonyl (C=O) groups excluding carboxylic acids is 1. The molecule has 2 aromatic rings. The number of aliphatic hydroxyl groups is 2. The number of amides is 1. The largest absolute Gasteiger partial charge is 0.484 e. The summed E-state index contributed by atoms with van der Waals surface area (Å²) in [4.78, 5) is 23.1. The number of ether oxygens (including phenoxy) is 1. The number of rotatable bonds is 13. The summed E-state index contributed by atoms with van der Waals surface area (Å²) in [6.07, 6.45) is 3.02. The van der Waals surface area contributed by atoms with Gasteiger partial charge in [-0.05, 0) is 78.8 Å². The van der Waals surface area contributed by atoms with E-state index >= 15 is 0 Å². The first-order valence-electron chi connectivity index (χ1n) is 13.4. The average Bonchev–Trinajstić information content (AvgIpc) is 2.86. The molecule has 2 aromatic carbocycles. The van der Waals surface area contributed by atoms with E-state index in [2.05, 4.69) is 71.1 Å². The fourth-order valence-corrected chi connectivity index (χ4v) is 4.91. The molecule has 1 unspecified atom stereocenters. The maximum atomic E-state index is 12.1. The molecular weight excluding hydrogens is 482 g/mol. The summed E-state index contributed by atoms with van der Waals surface area (Å²) in [5.41, 5.74) is 5.44. The summed E-state index contributed by atoms with van der Waals surface area (Å²) in [6.45, 7) is 13.6. The lowest BCUT2D eigenvalue weighted by atomic mass is 9.69. The van der Waals surface area contributed by atoms with E-state index in [1.54, 1.807) is 0 Å². The molecular formula is C31H45NO6. The Hall–Kier alpha value is -2.90. The minimum absolute atomic E-state index is 0.134. The minimum atomic E-state index is -1.36. The first-order valence-corrected chi connectivity index (χ1v) is 13.4. The molecule has 0 radical (unpaired) electrons. The quantitative estimate of drug-likeness (QED) is 0.300. The van der Waals surface area contributed by atoms with Crippen LogP contribution in [0.5, 0.6) is 5.75 Å². The molecule has 7 heteroatoms. The van der Waals surface area contributed by atoms with Gasteiger partial charge >= 0.3 is 5.97 Å². The lowest BCUT2D eigenvalue weighted by Gasteiger charge is -2.34. The van der Waals surface area contributed by atoms with E-state index in [-0.39, 0.29) is 23.5 Å². The molecule has 2 atom stereocenters. The number of aliphatic carboxylic acids is 1. The molecule has 0 aromatic heterocycles. The monoisotopic (exact) mass is 527 g/mol. The smallest absolute Gasteiger partial charge is 0.328 e. The van der Waals surface area contributed by atoms with Crippen molar-refractivity contribution in [1.29, 1.82) is 0 Å². The van der Waals surface area contributed by atoms with E-state index in [9.17, 15) is 14.7 Å². The Morgan fingerprint density at radius 1 is 0.974 bits per heavy atom. The summed E-state index contributed by atoms with van der Waals surface area (Å²) in [5.74, 6) is -1.37. The molecule has 4 N–H and O–H groups in total. The van der Waals surface area contributed by atoms with Gasteiger partial charge < -0.3 is 25.4 Å². The van der Waals surface area contributed by atoms with Crippen LogP contribution in [0.1, 0.15) is 81.7 Å². The fourth-order valence-electron chi connectivity index (χ4n) is 4.91. The van der Waals surface area contributed by atoms with Gasteiger partial charge in [-0.2, -0.15) is 0 Å². The highest BCUT2D eigenvalue weighted by molar-refractivity contribution is 5.84. The molecule has 0 saturated carbocycles. The molecule has 0 heterocycles. The van der Waals surface area contributed by atoms with E-state index in [4.69, 9.17) is 14.9 Å². The van der Waals surface area contributed by atoms with Crippen LogP contribution in [0.4, 0.5) is 0 Å². The van der Waals surface area contributed by atoms with Crippen LogP contribution in [-0.4, -0.2) is 52.6 Å². The number of benzene rings is 2. The van der Waals surface area contributed by atoms with Crippen LogP contribution in [0, 0.1) is 19.3 Å². The van der Waals surface area contributed by atoms with Gasteiger partial charge in [0.15, 0.2) is 6.61 Å². The van der Waals surface area contributed by atoms with E-state index in [0.29, 0.717) is 5.75 Å². The van der Waals surface area contributed by atoms with Crippen molar-refractivity contribution < 1.29 is 29.6 Å². The van der Waals surface area contributed by atoms with Crippen LogP contribution >= 0.6 is 0 Å². The van der Waals surface area contributed by atoms with Crippen molar-refractivity contribution in [2.45, 2.75) is 91.7 Å². The zero-order chi connectivity index (χ0) is 28.7. The highest BCUT2D eigenvalue weighted by atomic mass is 16.5. The summed E-state index contributed by atoms with van der Waals surface area (Å²) in [6, 6.07) is 11.3. The standard InChI is InChI=1S/C31H45NO6/c1-8-31(9-2,23-12-10-22(20(3)16-23)11-15-27(34)30(5,6)7)24-13-14-26(21(4)17-24)38-19-28(35)32-25(18-33)29(36)37/h10,12-14,16-17,25,27,33-34H,8-9,11,15,18-19H2,1-7H3,(H,32,35)(H,36,37)/t25-,27?/m0/s1. The highest BCUT2D eigenvalue weighted by Crippen LogP contribution is 2.41. The third-order valence-corrected chi connectivity index (χ3v) is 7.69. The van der Waals surface area contributed by atoms with Gasteiger partial charge in [0, 0.05) is 5.41 Å².